The molecule has 2 N–H and O–H groups in total. The minimum atomic E-state index is 0.00796. The maximum Gasteiger partial charge on any atom is 0.246 e. The van der Waals surface area contributed by atoms with Gasteiger partial charge in [0.2, 0.25) is 11.7 Å². The van der Waals surface area contributed by atoms with Crippen molar-refractivity contribution < 1.29 is 14.4 Å². The number of anilines is 1. The van der Waals surface area contributed by atoms with Crippen molar-refractivity contribution in [2.75, 3.05) is 12.4 Å². The number of rotatable bonds is 6. The third-order valence-electron chi connectivity index (χ3n) is 3.37. The molecule has 6 nitrogen and oxygen atoms in total. The first-order chi connectivity index (χ1) is 11.3. The molecule has 0 aliphatic heterocycles. The van der Waals surface area contributed by atoms with Crippen LogP contribution in [0.4, 0.5) is 5.69 Å². The SMILES string of the molecule is COc1ccccc1-c1noc(CNc2cccc(CO)c2)n1. The van der Waals surface area contributed by atoms with E-state index in [2.05, 4.69) is 15.5 Å². The van der Waals surface area contributed by atoms with Crippen LogP contribution in [0.15, 0.2) is 53.1 Å². The minimum absolute atomic E-state index is 0.00796. The van der Waals surface area contributed by atoms with Crippen molar-refractivity contribution in [3.63, 3.8) is 0 Å². The molecule has 0 fully saturated rings. The van der Waals surface area contributed by atoms with Gasteiger partial charge in [-0.2, -0.15) is 4.98 Å². The van der Waals surface area contributed by atoms with E-state index in [0.29, 0.717) is 24.0 Å². The zero-order valence-electron chi connectivity index (χ0n) is 12.7. The second-order valence-electron chi connectivity index (χ2n) is 4.92. The summed E-state index contributed by atoms with van der Waals surface area (Å²) in [6.07, 6.45) is 0. The first-order valence-electron chi connectivity index (χ1n) is 7.20. The molecule has 0 unspecified atom stereocenters. The lowest BCUT2D eigenvalue weighted by atomic mass is 10.2. The Kier molecular flexibility index (Phi) is 4.54. The highest BCUT2D eigenvalue weighted by Crippen LogP contribution is 2.27. The smallest absolute Gasteiger partial charge is 0.246 e. The number of aliphatic hydroxyl groups is 1. The Morgan fingerprint density at radius 2 is 2.04 bits per heavy atom. The maximum atomic E-state index is 9.15. The van der Waals surface area contributed by atoms with Gasteiger partial charge in [0.15, 0.2) is 0 Å². The number of para-hydroxylation sites is 1. The molecule has 0 aliphatic carbocycles. The van der Waals surface area contributed by atoms with Gasteiger partial charge in [-0.25, -0.2) is 0 Å². The second kappa shape index (κ2) is 6.93. The molecule has 0 aliphatic rings. The van der Waals surface area contributed by atoms with Crippen LogP contribution in [-0.4, -0.2) is 22.4 Å². The van der Waals surface area contributed by atoms with Crippen LogP contribution < -0.4 is 10.1 Å². The molecular formula is C17H17N3O3. The van der Waals surface area contributed by atoms with Gasteiger partial charge in [-0.05, 0) is 29.8 Å². The first-order valence-corrected chi connectivity index (χ1v) is 7.20. The van der Waals surface area contributed by atoms with E-state index in [4.69, 9.17) is 14.4 Å². The van der Waals surface area contributed by atoms with Crippen molar-refractivity contribution in [1.82, 2.24) is 10.1 Å². The van der Waals surface area contributed by atoms with Gasteiger partial charge in [-0.1, -0.05) is 29.4 Å². The molecule has 3 aromatic rings. The third-order valence-corrected chi connectivity index (χ3v) is 3.37. The number of nitrogens with zero attached hydrogens (tertiary/aromatic N) is 2. The number of nitrogens with one attached hydrogen (secondary N) is 1. The van der Waals surface area contributed by atoms with Crippen molar-refractivity contribution in [3.8, 4) is 17.1 Å². The Morgan fingerprint density at radius 1 is 1.17 bits per heavy atom. The third kappa shape index (κ3) is 3.49. The van der Waals surface area contributed by atoms with Crippen LogP contribution in [0.3, 0.4) is 0 Å². The molecule has 0 bridgehead atoms. The van der Waals surface area contributed by atoms with E-state index in [1.165, 1.54) is 0 Å². The summed E-state index contributed by atoms with van der Waals surface area (Å²) in [7, 11) is 1.61. The fourth-order valence-electron chi connectivity index (χ4n) is 2.22. The summed E-state index contributed by atoms with van der Waals surface area (Å²) in [6.45, 7) is 0.408. The highest BCUT2D eigenvalue weighted by molar-refractivity contribution is 5.63. The molecule has 0 amide bonds. The van der Waals surface area contributed by atoms with Crippen LogP contribution in [0.2, 0.25) is 0 Å². The van der Waals surface area contributed by atoms with Gasteiger partial charge in [0.05, 0.1) is 25.8 Å². The Labute approximate surface area is 133 Å². The summed E-state index contributed by atoms with van der Waals surface area (Å²) >= 11 is 0. The molecule has 0 atom stereocenters. The number of aromatic nitrogens is 2. The molecule has 6 heteroatoms. The van der Waals surface area contributed by atoms with E-state index in [-0.39, 0.29) is 6.61 Å². The second-order valence-corrected chi connectivity index (χ2v) is 4.92. The van der Waals surface area contributed by atoms with Crippen LogP contribution in [0, 0.1) is 0 Å². The molecule has 1 heterocycles. The lowest BCUT2D eigenvalue weighted by molar-refractivity contribution is 0.282. The van der Waals surface area contributed by atoms with Crippen molar-refractivity contribution in [1.29, 1.82) is 0 Å². The fourth-order valence-corrected chi connectivity index (χ4v) is 2.22. The minimum Gasteiger partial charge on any atom is -0.496 e. The molecule has 1 aromatic heterocycles. The first kappa shape index (κ1) is 15.1. The predicted octanol–water partition coefficient (Wildman–Crippen LogP) is 2.85. The van der Waals surface area contributed by atoms with Gasteiger partial charge in [0.1, 0.15) is 5.75 Å². The lowest BCUT2D eigenvalue weighted by Crippen LogP contribution is -2.00. The van der Waals surface area contributed by atoms with E-state index in [1.807, 2.05) is 48.5 Å². The zero-order chi connectivity index (χ0) is 16.1. The number of hydrogen-bond acceptors (Lipinski definition) is 6. The van der Waals surface area contributed by atoms with Gasteiger partial charge in [0, 0.05) is 5.69 Å². The average Bonchev–Trinajstić information content (AvgIpc) is 3.09. The van der Waals surface area contributed by atoms with Gasteiger partial charge in [-0.15, -0.1) is 0 Å². The van der Waals surface area contributed by atoms with E-state index < -0.39 is 0 Å². The van der Waals surface area contributed by atoms with E-state index in [0.717, 1.165) is 16.8 Å². The highest BCUT2D eigenvalue weighted by Gasteiger charge is 2.12. The summed E-state index contributed by atoms with van der Waals surface area (Å²) in [5.41, 5.74) is 2.51. The molecular weight excluding hydrogens is 294 g/mol. The van der Waals surface area contributed by atoms with Crippen molar-refractivity contribution in [3.05, 3.63) is 60.0 Å². The quantitative estimate of drug-likeness (QED) is 0.728. The standard InChI is InChI=1S/C17H17N3O3/c1-22-15-8-3-2-7-14(15)17-19-16(23-20-17)10-18-13-6-4-5-12(9-13)11-21/h2-9,18,21H,10-11H2,1H3. The van der Waals surface area contributed by atoms with Crippen molar-refractivity contribution in [2.24, 2.45) is 0 Å². The summed E-state index contributed by atoms with van der Waals surface area (Å²) < 4.78 is 10.6. The molecule has 2 aromatic carbocycles. The van der Waals surface area contributed by atoms with Gasteiger partial charge >= 0.3 is 0 Å². The lowest BCUT2D eigenvalue weighted by Gasteiger charge is -2.04. The summed E-state index contributed by atoms with van der Waals surface area (Å²) in [5.74, 6) is 1.66. The number of methoxy groups -OCH3 is 1. The Hall–Kier alpha value is -2.86. The van der Waals surface area contributed by atoms with Gasteiger partial charge in [-0.3, -0.25) is 0 Å². The highest BCUT2D eigenvalue weighted by atomic mass is 16.5. The molecule has 0 radical (unpaired) electrons. The van der Waals surface area contributed by atoms with Crippen LogP contribution in [-0.2, 0) is 13.2 Å². The summed E-state index contributed by atoms with van der Waals surface area (Å²) in [4.78, 5) is 4.38. The van der Waals surface area contributed by atoms with Crippen LogP contribution in [0.5, 0.6) is 5.75 Å². The molecule has 0 saturated carbocycles. The molecule has 0 saturated heterocycles. The van der Waals surface area contributed by atoms with Gasteiger partial charge < -0.3 is 19.7 Å². The maximum absolute atomic E-state index is 9.15. The largest absolute Gasteiger partial charge is 0.496 e. The van der Waals surface area contributed by atoms with Crippen LogP contribution in [0.25, 0.3) is 11.4 Å². The Morgan fingerprint density at radius 3 is 2.87 bits per heavy atom. The van der Waals surface area contributed by atoms with Crippen molar-refractivity contribution >= 4 is 5.69 Å². The zero-order valence-corrected chi connectivity index (χ0v) is 12.7. The molecule has 3 rings (SSSR count). The number of aliphatic hydroxyl groups excluding tert-OH is 1. The average molecular weight is 311 g/mol. The Balaban J connectivity index is 1.72. The molecule has 23 heavy (non-hydrogen) atoms. The number of ether oxygens (including phenoxy) is 1. The summed E-state index contributed by atoms with van der Waals surface area (Å²) in [6, 6.07) is 15.0. The normalized spacial score (nSPS) is 10.5. The predicted molar refractivity (Wildman–Crippen MR) is 86.0 cm³/mol. The van der Waals surface area contributed by atoms with Crippen LogP contribution in [0.1, 0.15) is 11.5 Å². The monoisotopic (exact) mass is 311 g/mol. The van der Waals surface area contributed by atoms with Crippen molar-refractivity contribution in [2.45, 2.75) is 13.2 Å². The van der Waals surface area contributed by atoms with E-state index in [9.17, 15) is 0 Å². The topological polar surface area (TPSA) is 80.4 Å². The van der Waals surface area contributed by atoms with E-state index >= 15 is 0 Å². The fraction of sp³-hybridized carbons (Fsp3) is 0.176. The molecule has 118 valence electrons. The molecule has 0 spiro atoms. The number of hydrogen-bond donors (Lipinski definition) is 2. The van der Waals surface area contributed by atoms with Gasteiger partial charge in [0.25, 0.3) is 0 Å². The Bertz CT molecular complexity index is 786. The summed E-state index contributed by atoms with van der Waals surface area (Å²) in [5, 5.41) is 16.3. The number of benzene rings is 2. The van der Waals surface area contributed by atoms with Crippen LogP contribution >= 0.6 is 0 Å². The van der Waals surface area contributed by atoms with E-state index in [1.54, 1.807) is 7.11 Å².